The molecule has 4 heterocycles. The summed E-state index contributed by atoms with van der Waals surface area (Å²) in [6.45, 7) is 2.85. The number of fused-ring (bicyclic) bond motifs is 1. The summed E-state index contributed by atoms with van der Waals surface area (Å²) in [4.78, 5) is 42.2. The summed E-state index contributed by atoms with van der Waals surface area (Å²) in [5.41, 5.74) is -2.12. The highest BCUT2D eigenvalue weighted by Gasteiger charge is 2.60. The number of nitrogens with zero attached hydrogens (tertiary/aromatic N) is 5. The first-order valence-electron chi connectivity index (χ1n) is 19.9. The molecule has 0 unspecified atom stereocenters. The van der Waals surface area contributed by atoms with E-state index in [-0.39, 0.29) is 61.1 Å². The summed E-state index contributed by atoms with van der Waals surface area (Å²) in [5.74, 6) is -1.93. The molecular weight excluding hydrogens is 731 g/mol. The summed E-state index contributed by atoms with van der Waals surface area (Å²) >= 11 is 0. The van der Waals surface area contributed by atoms with Gasteiger partial charge in [-0.15, -0.1) is 0 Å². The first kappa shape index (κ1) is 37.0. The lowest BCUT2D eigenvalue weighted by molar-refractivity contribution is -0.142. The number of anilines is 1. The number of ether oxygens (including phenoxy) is 1. The van der Waals surface area contributed by atoms with Crippen molar-refractivity contribution in [3.63, 3.8) is 0 Å². The second kappa shape index (κ2) is 13.8. The number of hydrogen-bond acceptors (Lipinski definition) is 7. The van der Waals surface area contributed by atoms with Gasteiger partial charge in [0.05, 0.1) is 16.8 Å². The molecule has 9 nitrogen and oxygen atoms in total. The lowest BCUT2D eigenvalue weighted by Crippen LogP contribution is -2.69. The van der Waals surface area contributed by atoms with Crippen LogP contribution in [-0.4, -0.2) is 61.9 Å². The van der Waals surface area contributed by atoms with Gasteiger partial charge >= 0.3 is 6.18 Å². The Morgan fingerprint density at radius 3 is 2.18 bits per heavy atom. The third-order valence-corrected chi connectivity index (χ3v) is 13.5. The standard InChI is InChI=1S/C42H45F5N6O3/c1-24(54)41(27-18-25-17-26(20-27)21-28(41)19-25)51-38(55)33-5-6-35(50-37(33)42(45,46)47)34-23-53(29-7-11-40(43,44)12-8-29)36-22-31(3-4-32(34)36)56-30-9-15-52(16-10-30)39-48-13-2-14-49-39/h2-6,13-14,22-23,25-30H,7-12,15-21H2,1H3,(H,51,55). The molecule has 1 N–H and O–H groups in total. The molecule has 6 fully saturated rings. The van der Waals surface area contributed by atoms with Crippen LogP contribution in [0.25, 0.3) is 22.2 Å². The zero-order valence-corrected chi connectivity index (χ0v) is 31.2. The van der Waals surface area contributed by atoms with Crippen LogP contribution in [0.3, 0.4) is 0 Å². The predicted molar refractivity (Wildman–Crippen MR) is 198 cm³/mol. The maximum atomic E-state index is 14.9. The average molecular weight is 777 g/mol. The minimum absolute atomic E-state index is 0.00107. The Labute approximate surface area is 321 Å². The van der Waals surface area contributed by atoms with Gasteiger partial charge in [-0.2, -0.15) is 13.2 Å². The zero-order valence-electron chi connectivity index (χ0n) is 31.2. The number of carbonyl (C=O) groups is 2. The number of ketones is 1. The van der Waals surface area contributed by atoms with Gasteiger partial charge in [-0.05, 0) is 106 Å². The van der Waals surface area contributed by atoms with E-state index in [1.54, 1.807) is 36.8 Å². The van der Waals surface area contributed by atoms with Crippen molar-refractivity contribution in [1.82, 2.24) is 24.8 Å². The van der Waals surface area contributed by atoms with Crippen LogP contribution in [0.4, 0.5) is 27.9 Å². The molecule has 1 amide bonds. The molecule has 1 aliphatic heterocycles. The molecule has 14 heteroatoms. The fourth-order valence-electron chi connectivity index (χ4n) is 11.0. The molecule has 10 rings (SSSR count). The van der Waals surface area contributed by atoms with E-state index in [1.165, 1.54) is 13.0 Å². The monoisotopic (exact) mass is 776 g/mol. The molecule has 5 saturated carbocycles. The topological polar surface area (TPSA) is 102 Å². The van der Waals surface area contributed by atoms with Crippen LogP contribution in [-0.2, 0) is 11.0 Å². The van der Waals surface area contributed by atoms with Crippen LogP contribution in [0.1, 0.15) is 99.6 Å². The van der Waals surface area contributed by atoms with Crippen molar-refractivity contribution in [2.24, 2.45) is 23.7 Å². The molecule has 0 radical (unpaired) electrons. The van der Waals surface area contributed by atoms with E-state index in [0.29, 0.717) is 53.1 Å². The Hall–Kier alpha value is -4.62. The van der Waals surface area contributed by atoms with Crippen LogP contribution in [0.15, 0.2) is 55.0 Å². The molecule has 1 aromatic carbocycles. The number of halogens is 5. The molecule has 296 valence electrons. The van der Waals surface area contributed by atoms with Crippen LogP contribution < -0.4 is 15.0 Å². The van der Waals surface area contributed by atoms with Gasteiger partial charge in [0.2, 0.25) is 11.9 Å². The number of alkyl halides is 5. The highest BCUT2D eigenvalue weighted by atomic mass is 19.4. The van der Waals surface area contributed by atoms with Gasteiger partial charge < -0.3 is 19.5 Å². The Morgan fingerprint density at radius 1 is 0.893 bits per heavy atom. The van der Waals surface area contributed by atoms with Crippen molar-refractivity contribution in [3.05, 3.63) is 66.2 Å². The first-order chi connectivity index (χ1) is 26.8. The van der Waals surface area contributed by atoms with Crippen LogP contribution >= 0.6 is 0 Å². The molecule has 4 aromatic rings. The maximum Gasteiger partial charge on any atom is 0.434 e. The lowest BCUT2D eigenvalue weighted by Gasteiger charge is -2.60. The first-order valence-corrected chi connectivity index (χ1v) is 19.9. The summed E-state index contributed by atoms with van der Waals surface area (Å²) in [6.07, 6.45) is 5.54. The van der Waals surface area contributed by atoms with E-state index in [1.807, 2.05) is 10.6 Å². The van der Waals surface area contributed by atoms with Crippen LogP contribution in [0.5, 0.6) is 5.75 Å². The number of pyridine rings is 1. The zero-order chi connectivity index (χ0) is 39.0. The molecule has 5 aliphatic carbocycles. The van der Waals surface area contributed by atoms with Crippen molar-refractivity contribution < 1.29 is 36.3 Å². The second-order valence-electron chi connectivity index (χ2n) is 16.8. The quantitative estimate of drug-likeness (QED) is 0.179. The van der Waals surface area contributed by atoms with Gasteiger partial charge in [0, 0.05) is 80.4 Å². The molecule has 0 spiro atoms. The van der Waals surface area contributed by atoms with E-state index in [4.69, 9.17) is 4.74 Å². The van der Waals surface area contributed by atoms with E-state index in [9.17, 15) is 31.5 Å². The van der Waals surface area contributed by atoms with Crippen molar-refractivity contribution >= 4 is 28.5 Å². The fourth-order valence-corrected chi connectivity index (χ4v) is 11.0. The number of piperidine rings is 1. The number of aromatic nitrogens is 4. The number of amides is 1. The van der Waals surface area contributed by atoms with Crippen molar-refractivity contribution in [2.45, 2.75) is 107 Å². The van der Waals surface area contributed by atoms with Crippen molar-refractivity contribution in [1.29, 1.82) is 0 Å². The smallest absolute Gasteiger partial charge is 0.434 e. The Morgan fingerprint density at radius 2 is 1.55 bits per heavy atom. The molecule has 0 atom stereocenters. The Bertz CT molecular complexity index is 2110. The average Bonchev–Trinajstić information content (AvgIpc) is 3.54. The minimum atomic E-state index is -4.98. The van der Waals surface area contributed by atoms with E-state index >= 15 is 0 Å². The molecular formula is C42H45F5N6O3. The van der Waals surface area contributed by atoms with E-state index < -0.39 is 34.8 Å². The van der Waals surface area contributed by atoms with Gasteiger partial charge in [-0.1, -0.05) is 0 Å². The maximum absolute atomic E-state index is 14.9. The number of rotatable bonds is 8. The number of Topliss-reactive ketones (excluding diaryl/α,β-unsaturated/α-hetero) is 1. The number of nitrogens with one attached hydrogen (secondary N) is 1. The van der Waals surface area contributed by atoms with Crippen LogP contribution in [0, 0.1) is 23.7 Å². The van der Waals surface area contributed by atoms with Crippen LogP contribution in [0.2, 0.25) is 0 Å². The molecule has 4 bridgehead atoms. The van der Waals surface area contributed by atoms with Crippen molar-refractivity contribution in [3.8, 4) is 17.0 Å². The van der Waals surface area contributed by atoms with Gasteiger partial charge in [0.25, 0.3) is 5.91 Å². The Kier molecular flexibility index (Phi) is 9.11. The third-order valence-electron chi connectivity index (χ3n) is 13.5. The fraction of sp³-hybridized carbons (Fsp3) is 0.548. The minimum Gasteiger partial charge on any atom is -0.490 e. The molecule has 56 heavy (non-hydrogen) atoms. The number of hydrogen-bond donors (Lipinski definition) is 1. The predicted octanol–water partition coefficient (Wildman–Crippen LogP) is 8.82. The summed E-state index contributed by atoms with van der Waals surface area (Å²) in [6, 6.07) is 9.39. The summed E-state index contributed by atoms with van der Waals surface area (Å²) in [5, 5.41) is 3.47. The molecule has 1 saturated heterocycles. The summed E-state index contributed by atoms with van der Waals surface area (Å²) < 4.78 is 81.6. The SMILES string of the molecule is CC(=O)C1(NC(=O)c2ccc(-c3cn(C4CCC(F)(F)CC4)c4cc(OC5CCN(c6ncccn6)CC5)ccc34)nc2C(F)(F)F)C2CC3CC(C2)CC1C3. The van der Waals surface area contributed by atoms with Gasteiger partial charge in [-0.3, -0.25) is 9.59 Å². The largest absolute Gasteiger partial charge is 0.490 e. The van der Waals surface area contributed by atoms with E-state index in [2.05, 4.69) is 25.2 Å². The summed E-state index contributed by atoms with van der Waals surface area (Å²) in [7, 11) is 0. The number of benzene rings is 1. The number of carbonyl (C=O) groups excluding carboxylic acids is 2. The van der Waals surface area contributed by atoms with Crippen molar-refractivity contribution in [2.75, 3.05) is 18.0 Å². The lowest BCUT2D eigenvalue weighted by atomic mass is 9.47. The third kappa shape index (κ3) is 6.60. The second-order valence-corrected chi connectivity index (χ2v) is 16.8. The molecule has 6 aliphatic rings. The Balaban J connectivity index is 1.03. The highest BCUT2D eigenvalue weighted by Crippen LogP contribution is 2.58. The van der Waals surface area contributed by atoms with E-state index in [0.717, 1.165) is 51.0 Å². The normalized spacial score (nSPS) is 27.8. The molecule has 3 aromatic heterocycles. The van der Waals surface area contributed by atoms with Gasteiger partial charge in [0.15, 0.2) is 11.5 Å². The van der Waals surface area contributed by atoms with Gasteiger partial charge in [-0.25, -0.2) is 23.7 Å². The van der Waals surface area contributed by atoms with Gasteiger partial charge in [0.1, 0.15) is 17.4 Å². The highest BCUT2D eigenvalue weighted by molar-refractivity contribution is 6.01.